The SMILES string of the molecule is O=C(NCc1cccc(C2CC2)c1)[C@@H]1CCCN1S(=O)(=O)c1ccc(F)cc1. The first kappa shape index (κ1) is 19.1. The Kier molecular flexibility index (Phi) is 5.21. The van der Waals surface area contributed by atoms with Crippen LogP contribution in [-0.4, -0.2) is 31.2 Å². The third-order valence-electron chi connectivity index (χ3n) is 5.39. The number of rotatable bonds is 6. The van der Waals surface area contributed by atoms with Crippen molar-refractivity contribution in [1.29, 1.82) is 0 Å². The van der Waals surface area contributed by atoms with Crippen LogP contribution >= 0.6 is 0 Å². The molecule has 1 saturated carbocycles. The maximum atomic E-state index is 13.1. The van der Waals surface area contributed by atoms with Gasteiger partial charge in [-0.15, -0.1) is 0 Å². The minimum atomic E-state index is -3.84. The topological polar surface area (TPSA) is 66.5 Å². The molecule has 1 saturated heterocycles. The van der Waals surface area contributed by atoms with Gasteiger partial charge in [-0.3, -0.25) is 4.79 Å². The van der Waals surface area contributed by atoms with Gasteiger partial charge in [0.1, 0.15) is 11.9 Å². The number of halogens is 1. The first-order valence-corrected chi connectivity index (χ1v) is 11.0. The van der Waals surface area contributed by atoms with Gasteiger partial charge in [-0.2, -0.15) is 4.31 Å². The number of nitrogens with one attached hydrogen (secondary N) is 1. The molecule has 1 amide bonds. The lowest BCUT2D eigenvalue weighted by Gasteiger charge is -2.23. The van der Waals surface area contributed by atoms with Crippen molar-refractivity contribution in [2.45, 2.75) is 49.1 Å². The summed E-state index contributed by atoms with van der Waals surface area (Å²) >= 11 is 0. The van der Waals surface area contributed by atoms with Crippen molar-refractivity contribution >= 4 is 15.9 Å². The zero-order chi connectivity index (χ0) is 19.7. The lowest BCUT2D eigenvalue weighted by atomic mass is 10.1. The van der Waals surface area contributed by atoms with Crippen molar-refractivity contribution in [1.82, 2.24) is 9.62 Å². The van der Waals surface area contributed by atoms with Crippen LogP contribution in [0.3, 0.4) is 0 Å². The standard InChI is InChI=1S/C21H23FN2O3S/c22-18-8-10-19(11-9-18)28(26,27)24-12-2-5-20(24)21(25)23-14-15-3-1-4-17(13-15)16-6-7-16/h1,3-4,8-11,13,16,20H,2,5-7,12,14H2,(H,23,25)/t20-/m0/s1. The first-order chi connectivity index (χ1) is 13.4. The minimum Gasteiger partial charge on any atom is -0.351 e. The molecule has 2 aromatic rings. The predicted octanol–water partition coefficient (Wildman–Crippen LogP) is 3.17. The molecule has 0 unspecified atom stereocenters. The predicted molar refractivity (Wildman–Crippen MR) is 104 cm³/mol. The molecule has 1 N–H and O–H groups in total. The molecule has 2 aromatic carbocycles. The van der Waals surface area contributed by atoms with Crippen molar-refractivity contribution in [3.63, 3.8) is 0 Å². The molecular weight excluding hydrogens is 379 g/mol. The van der Waals surface area contributed by atoms with Gasteiger partial charge in [0.05, 0.1) is 4.90 Å². The number of benzene rings is 2. The smallest absolute Gasteiger partial charge is 0.243 e. The summed E-state index contributed by atoms with van der Waals surface area (Å²) < 4.78 is 40.1. The van der Waals surface area contributed by atoms with Crippen LogP contribution in [-0.2, 0) is 21.4 Å². The molecule has 1 heterocycles. The van der Waals surface area contributed by atoms with Crippen LogP contribution < -0.4 is 5.32 Å². The third-order valence-corrected chi connectivity index (χ3v) is 7.32. The summed E-state index contributed by atoms with van der Waals surface area (Å²) in [5.74, 6) is -0.148. The van der Waals surface area contributed by atoms with Crippen LogP contribution in [0, 0.1) is 5.82 Å². The zero-order valence-electron chi connectivity index (χ0n) is 15.5. The first-order valence-electron chi connectivity index (χ1n) is 9.59. The summed E-state index contributed by atoms with van der Waals surface area (Å²) in [5, 5.41) is 2.89. The molecule has 0 bridgehead atoms. The number of hydrogen-bond donors (Lipinski definition) is 1. The van der Waals surface area contributed by atoms with E-state index in [4.69, 9.17) is 0 Å². The van der Waals surface area contributed by atoms with E-state index in [9.17, 15) is 17.6 Å². The largest absolute Gasteiger partial charge is 0.351 e. The second-order valence-electron chi connectivity index (χ2n) is 7.46. The average molecular weight is 402 g/mol. The average Bonchev–Trinajstić information content (AvgIpc) is 3.42. The summed E-state index contributed by atoms with van der Waals surface area (Å²) in [7, 11) is -3.84. The highest BCUT2D eigenvalue weighted by atomic mass is 32.2. The zero-order valence-corrected chi connectivity index (χ0v) is 16.3. The van der Waals surface area contributed by atoms with Crippen LogP contribution in [0.2, 0.25) is 0 Å². The van der Waals surface area contributed by atoms with Crippen LogP contribution in [0.15, 0.2) is 53.4 Å². The number of amides is 1. The quantitative estimate of drug-likeness (QED) is 0.807. The lowest BCUT2D eigenvalue weighted by Crippen LogP contribution is -2.45. The molecule has 7 heteroatoms. The molecule has 1 atom stereocenters. The molecule has 1 aliphatic heterocycles. The van der Waals surface area contributed by atoms with Crippen molar-refractivity contribution in [3.8, 4) is 0 Å². The lowest BCUT2D eigenvalue weighted by molar-refractivity contribution is -0.124. The number of carbonyl (C=O) groups excluding carboxylic acids is 1. The normalized spacial score (nSPS) is 20.2. The van der Waals surface area contributed by atoms with Gasteiger partial charge in [0.2, 0.25) is 15.9 Å². The van der Waals surface area contributed by atoms with Gasteiger partial charge in [0, 0.05) is 13.1 Å². The summed E-state index contributed by atoms with van der Waals surface area (Å²) in [6.07, 6.45) is 3.53. The van der Waals surface area contributed by atoms with E-state index >= 15 is 0 Å². The highest BCUT2D eigenvalue weighted by Gasteiger charge is 2.39. The van der Waals surface area contributed by atoms with E-state index in [-0.39, 0.29) is 17.3 Å². The van der Waals surface area contributed by atoms with Crippen molar-refractivity contribution in [3.05, 3.63) is 65.5 Å². The van der Waals surface area contributed by atoms with Crippen LogP contribution in [0.25, 0.3) is 0 Å². The molecular formula is C21H23FN2O3S. The Balaban J connectivity index is 1.44. The fourth-order valence-corrected chi connectivity index (χ4v) is 5.37. The van der Waals surface area contributed by atoms with Gasteiger partial charge >= 0.3 is 0 Å². The van der Waals surface area contributed by atoms with E-state index < -0.39 is 21.9 Å². The Morgan fingerprint density at radius 1 is 1.11 bits per heavy atom. The Bertz CT molecular complexity index is 971. The Labute approximate surface area is 164 Å². The second-order valence-corrected chi connectivity index (χ2v) is 9.36. The minimum absolute atomic E-state index is 0.00531. The highest BCUT2D eigenvalue weighted by Crippen LogP contribution is 2.40. The van der Waals surface area contributed by atoms with Gasteiger partial charge < -0.3 is 5.32 Å². The van der Waals surface area contributed by atoms with Crippen LogP contribution in [0.4, 0.5) is 4.39 Å². The molecule has 2 aliphatic rings. The fraction of sp³-hybridized carbons (Fsp3) is 0.381. The monoisotopic (exact) mass is 402 g/mol. The van der Waals surface area contributed by atoms with Crippen LogP contribution in [0.1, 0.15) is 42.7 Å². The molecule has 1 aliphatic carbocycles. The molecule has 0 spiro atoms. The van der Waals surface area contributed by atoms with Gasteiger partial charge in [-0.05, 0) is 67.0 Å². The molecule has 4 rings (SSSR count). The molecule has 2 fully saturated rings. The van der Waals surface area contributed by atoms with Gasteiger partial charge in [0.25, 0.3) is 0 Å². The van der Waals surface area contributed by atoms with Gasteiger partial charge in [-0.1, -0.05) is 24.3 Å². The van der Waals surface area contributed by atoms with Crippen molar-refractivity contribution in [2.24, 2.45) is 0 Å². The van der Waals surface area contributed by atoms with Crippen molar-refractivity contribution in [2.75, 3.05) is 6.54 Å². The Morgan fingerprint density at radius 2 is 1.86 bits per heavy atom. The van der Waals surface area contributed by atoms with E-state index in [1.807, 2.05) is 12.1 Å². The maximum absolute atomic E-state index is 13.1. The van der Waals surface area contributed by atoms with E-state index in [2.05, 4.69) is 17.4 Å². The third kappa shape index (κ3) is 3.95. The van der Waals surface area contributed by atoms with E-state index in [0.717, 1.165) is 17.7 Å². The highest BCUT2D eigenvalue weighted by molar-refractivity contribution is 7.89. The molecule has 5 nitrogen and oxygen atoms in total. The second kappa shape index (κ2) is 7.64. The van der Waals surface area contributed by atoms with E-state index in [1.54, 1.807) is 0 Å². The Hall–Kier alpha value is -2.25. The Morgan fingerprint density at radius 3 is 2.57 bits per heavy atom. The number of nitrogens with zero attached hydrogens (tertiary/aromatic N) is 1. The van der Waals surface area contributed by atoms with Gasteiger partial charge in [0.15, 0.2) is 0 Å². The van der Waals surface area contributed by atoms with Crippen LogP contribution in [0.5, 0.6) is 0 Å². The molecule has 0 radical (unpaired) electrons. The summed E-state index contributed by atoms with van der Waals surface area (Å²) in [4.78, 5) is 12.7. The van der Waals surface area contributed by atoms with E-state index in [0.29, 0.717) is 25.3 Å². The summed E-state index contributed by atoms with van der Waals surface area (Å²) in [6, 6.07) is 12.2. The van der Waals surface area contributed by atoms with Crippen molar-refractivity contribution < 1.29 is 17.6 Å². The summed E-state index contributed by atoms with van der Waals surface area (Å²) in [6.45, 7) is 0.662. The van der Waals surface area contributed by atoms with Gasteiger partial charge in [-0.25, -0.2) is 12.8 Å². The summed E-state index contributed by atoms with van der Waals surface area (Å²) in [5.41, 5.74) is 2.32. The fourth-order valence-electron chi connectivity index (χ4n) is 3.71. The molecule has 148 valence electrons. The number of carbonyl (C=O) groups is 1. The molecule has 28 heavy (non-hydrogen) atoms. The van der Waals surface area contributed by atoms with E-state index in [1.165, 1.54) is 34.8 Å². The molecule has 0 aromatic heterocycles. The maximum Gasteiger partial charge on any atom is 0.243 e. The number of sulfonamides is 1. The number of hydrogen-bond acceptors (Lipinski definition) is 3.